The number of nitrogens with two attached hydrogens (primary N) is 3. The number of hydrazone groups is 1. The zero-order valence-corrected chi connectivity index (χ0v) is 13.8. The first-order chi connectivity index (χ1) is 10.8. The van der Waals surface area contributed by atoms with Crippen LogP contribution in [0.2, 0.25) is 0 Å². The topological polar surface area (TPSA) is 112 Å². The van der Waals surface area contributed by atoms with Crippen LogP contribution in [0.15, 0.2) is 29.4 Å². The van der Waals surface area contributed by atoms with Gasteiger partial charge in [-0.3, -0.25) is 0 Å². The number of hydrazine groups is 1. The Hall–Kier alpha value is -1.79. The van der Waals surface area contributed by atoms with E-state index in [0.717, 1.165) is 38.0 Å². The van der Waals surface area contributed by atoms with Crippen LogP contribution in [0.3, 0.4) is 0 Å². The van der Waals surface area contributed by atoms with E-state index in [4.69, 9.17) is 22.2 Å². The molecule has 0 fully saturated rings. The third-order valence-corrected chi connectivity index (χ3v) is 2.99. The maximum Gasteiger partial charge on any atom is 0.136 e. The molecule has 22 heavy (non-hydrogen) atoms. The zero-order chi connectivity index (χ0) is 16.6. The van der Waals surface area contributed by atoms with E-state index in [-0.39, 0.29) is 0 Å². The molecule has 0 heterocycles. The number of rotatable bonds is 9. The summed E-state index contributed by atoms with van der Waals surface area (Å²) in [6.07, 6.45) is 4.74. The molecule has 0 amide bonds. The fourth-order valence-corrected chi connectivity index (χ4v) is 1.83. The molecule has 6 heteroatoms. The van der Waals surface area contributed by atoms with Crippen LogP contribution in [-0.2, 0) is 6.42 Å². The summed E-state index contributed by atoms with van der Waals surface area (Å²) in [5.41, 5.74) is 9.24. The lowest BCUT2D eigenvalue weighted by molar-refractivity contribution is 0.313. The van der Waals surface area contributed by atoms with Crippen LogP contribution in [0.1, 0.15) is 45.1 Å². The monoisotopic (exact) mass is 309 g/mol. The summed E-state index contributed by atoms with van der Waals surface area (Å²) in [4.78, 5) is 0. The second kappa shape index (κ2) is 14.2. The molecule has 0 aromatic heterocycles. The quantitative estimate of drug-likeness (QED) is 0.183. The van der Waals surface area contributed by atoms with Crippen LogP contribution in [0.5, 0.6) is 5.75 Å². The molecule has 126 valence electrons. The van der Waals surface area contributed by atoms with Crippen molar-refractivity contribution in [1.29, 1.82) is 0 Å². The average molecular weight is 309 g/mol. The van der Waals surface area contributed by atoms with Crippen molar-refractivity contribution in [2.75, 3.05) is 13.2 Å². The number of ether oxygens (including phenoxy) is 1. The Morgan fingerprint density at radius 1 is 1.14 bits per heavy atom. The third kappa shape index (κ3) is 9.20. The first-order valence-electron chi connectivity index (χ1n) is 7.95. The van der Waals surface area contributed by atoms with Crippen molar-refractivity contribution in [1.82, 2.24) is 5.43 Å². The molecule has 0 saturated carbocycles. The van der Waals surface area contributed by atoms with Crippen LogP contribution in [-0.4, -0.2) is 19.0 Å². The maximum atomic E-state index is 5.64. The van der Waals surface area contributed by atoms with E-state index in [1.54, 1.807) is 0 Å². The van der Waals surface area contributed by atoms with Gasteiger partial charge in [-0.2, -0.15) is 5.10 Å². The Kier molecular flexibility index (Phi) is 13.0. The van der Waals surface area contributed by atoms with Crippen molar-refractivity contribution < 1.29 is 4.74 Å². The Bertz CT molecular complexity index is 392. The molecular weight excluding hydrogens is 278 g/mol. The molecule has 0 atom stereocenters. The van der Waals surface area contributed by atoms with E-state index in [2.05, 4.69) is 22.7 Å². The van der Waals surface area contributed by atoms with Crippen LogP contribution >= 0.6 is 0 Å². The summed E-state index contributed by atoms with van der Waals surface area (Å²) < 4.78 is 5.64. The molecule has 0 aliphatic carbocycles. The largest absolute Gasteiger partial charge is 0.494 e. The van der Waals surface area contributed by atoms with Gasteiger partial charge in [-0.1, -0.05) is 26.0 Å². The molecule has 0 spiro atoms. The van der Waals surface area contributed by atoms with Crippen LogP contribution in [0.25, 0.3) is 0 Å². The minimum absolute atomic E-state index is 0.573. The van der Waals surface area contributed by atoms with Gasteiger partial charge in [0.1, 0.15) is 11.6 Å². The molecule has 6 nitrogen and oxygen atoms in total. The van der Waals surface area contributed by atoms with Gasteiger partial charge in [-0.25, -0.2) is 5.84 Å². The summed E-state index contributed by atoms with van der Waals surface area (Å²) >= 11 is 0. The van der Waals surface area contributed by atoms with Crippen molar-refractivity contribution >= 4 is 5.84 Å². The number of hydrogen-bond acceptors (Lipinski definition) is 5. The highest BCUT2D eigenvalue weighted by atomic mass is 16.5. The molecule has 0 aliphatic rings. The molecule has 0 bridgehead atoms. The Labute approximate surface area is 134 Å². The van der Waals surface area contributed by atoms with Crippen molar-refractivity contribution in [3.8, 4) is 5.75 Å². The summed E-state index contributed by atoms with van der Waals surface area (Å²) in [5, 5.41) is 3.51. The van der Waals surface area contributed by atoms with E-state index < -0.39 is 0 Å². The number of hydrogen-bond donors (Lipinski definition) is 4. The second-order valence-corrected chi connectivity index (χ2v) is 4.56. The van der Waals surface area contributed by atoms with Crippen molar-refractivity contribution in [3.63, 3.8) is 0 Å². The van der Waals surface area contributed by atoms with Gasteiger partial charge in [0.2, 0.25) is 0 Å². The van der Waals surface area contributed by atoms with E-state index in [1.165, 1.54) is 5.56 Å². The normalized spacial score (nSPS) is 10.6. The highest BCUT2D eigenvalue weighted by molar-refractivity contribution is 5.81. The van der Waals surface area contributed by atoms with E-state index in [0.29, 0.717) is 18.9 Å². The number of unbranched alkanes of at least 4 members (excludes halogenated alkanes) is 1. The minimum atomic E-state index is 0.573. The van der Waals surface area contributed by atoms with Gasteiger partial charge in [-0.15, -0.1) is 0 Å². The lowest BCUT2D eigenvalue weighted by Crippen LogP contribution is -2.31. The van der Waals surface area contributed by atoms with Crippen LogP contribution in [0.4, 0.5) is 0 Å². The Morgan fingerprint density at radius 3 is 2.36 bits per heavy atom. The van der Waals surface area contributed by atoms with Crippen molar-refractivity contribution in [3.05, 3.63) is 29.8 Å². The Balaban J connectivity index is 0.00000211. The molecule has 0 saturated heterocycles. The van der Waals surface area contributed by atoms with Gasteiger partial charge in [0.05, 0.1) is 6.61 Å². The number of benzene rings is 1. The zero-order valence-electron chi connectivity index (χ0n) is 13.8. The highest BCUT2D eigenvalue weighted by Gasteiger charge is 1.99. The van der Waals surface area contributed by atoms with Gasteiger partial charge < -0.3 is 21.7 Å². The number of amidine groups is 1. The molecule has 0 aliphatic heterocycles. The molecule has 0 unspecified atom stereocenters. The summed E-state index contributed by atoms with van der Waals surface area (Å²) in [6, 6.07) is 8.19. The molecular formula is C16H31N5O. The fraction of sp³-hybridized carbons (Fsp3) is 0.562. The van der Waals surface area contributed by atoms with Crippen molar-refractivity contribution in [2.24, 2.45) is 22.5 Å². The lowest BCUT2D eigenvalue weighted by Gasteiger charge is -2.08. The SMILES string of the molecule is CC.NCCCCc1ccc(OCCC/C(=N/N)NN)cc1. The van der Waals surface area contributed by atoms with Gasteiger partial charge in [0.15, 0.2) is 0 Å². The summed E-state index contributed by atoms with van der Waals surface area (Å²) in [7, 11) is 0. The third-order valence-electron chi connectivity index (χ3n) is 2.99. The summed E-state index contributed by atoms with van der Waals surface area (Å²) in [5.74, 6) is 11.8. The van der Waals surface area contributed by atoms with E-state index >= 15 is 0 Å². The standard InChI is InChI=1S/C14H25N5O.C2H6/c15-10-2-1-4-12-6-8-13(9-7-12)20-11-3-5-14(18-16)19-17;1-2/h6-9H,1-5,10-11,15-17H2,(H,18,19);1-2H3. The number of aryl methyl sites for hydroxylation is 1. The maximum absolute atomic E-state index is 5.64. The molecule has 1 rings (SSSR count). The first kappa shape index (κ1) is 20.2. The summed E-state index contributed by atoms with van der Waals surface area (Å²) in [6.45, 7) is 5.36. The van der Waals surface area contributed by atoms with E-state index in [1.807, 2.05) is 26.0 Å². The minimum Gasteiger partial charge on any atom is -0.494 e. The van der Waals surface area contributed by atoms with Crippen LogP contribution in [0, 0.1) is 0 Å². The van der Waals surface area contributed by atoms with Gasteiger partial charge in [0, 0.05) is 6.42 Å². The number of nitrogens with zero attached hydrogens (tertiary/aromatic N) is 1. The Morgan fingerprint density at radius 2 is 1.82 bits per heavy atom. The van der Waals surface area contributed by atoms with Gasteiger partial charge in [-0.05, 0) is 49.9 Å². The first-order valence-corrected chi connectivity index (χ1v) is 7.95. The average Bonchev–Trinajstić information content (AvgIpc) is 2.58. The predicted molar refractivity (Wildman–Crippen MR) is 93.5 cm³/mol. The molecule has 1 aromatic carbocycles. The predicted octanol–water partition coefficient (Wildman–Crippen LogP) is 1.89. The fourth-order valence-electron chi connectivity index (χ4n) is 1.83. The number of nitrogens with one attached hydrogen (secondary N) is 1. The highest BCUT2D eigenvalue weighted by Crippen LogP contribution is 2.14. The smallest absolute Gasteiger partial charge is 0.136 e. The molecule has 1 aromatic rings. The molecule has 7 N–H and O–H groups in total. The second-order valence-electron chi connectivity index (χ2n) is 4.56. The van der Waals surface area contributed by atoms with Gasteiger partial charge in [0.25, 0.3) is 0 Å². The van der Waals surface area contributed by atoms with Gasteiger partial charge >= 0.3 is 0 Å². The molecule has 0 radical (unpaired) electrons. The lowest BCUT2D eigenvalue weighted by atomic mass is 10.1. The van der Waals surface area contributed by atoms with Crippen molar-refractivity contribution in [2.45, 2.75) is 46.0 Å². The van der Waals surface area contributed by atoms with Crippen LogP contribution < -0.4 is 27.6 Å². The van der Waals surface area contributed by atoms with E-state index in [9.17, 15) is 0 Å².